The molecule has 0 heterocycles. The molecular formula is C76H80O8. The third kappa shape index (κ3) is 10.7. The molecule has 5 aliphatic carbocycles. The molecule has 8 nitrogen and oxygen atoms in total. The van der Waals surface area contributed by atoms with Crippen molar-refractivity contribution in [3.8, 4) is 46.0 Å². The number of phenolic OH excluding ortho intramolecular Hbond substituents is 8. The van der Waals surface area contributed by atoms with Gasteiger partial charge in [-0.15, -0.1) is 0 Å². The van der Waals surface area contributed by atoms with E-state index >= 15 is 0 Å². The van der Waals surface area contributed by atoms with Gasteiger partial charge in [0.25, 0.3) is 0 Å². The molecule has 84 heavy (non-hydrogen) atoms. The third-order valence-corrected chi connectivity index (χ3v) is 20.6. The quantitative estimate of drug-likeness (QED) is 0.0746. The van der Waals surface area contributed by atoms with E-state index in [0.29, 0.717) is 68.2 Å². The van der Waals surface area contributed by atoms with Gasteiger partial charge in [-0.3, -0.25) is 0 Å². The van der Waals surface area contributed by atoms with E-state index in [0.717, 1.165) is 73.6 Å². The third-order valence-electron chi connectivity index (χ3n) is 20.6. The van der Waals surface area contributed by atoms with E-state index in [2.05, 4.69) is 97.1 Å². The van der Waals surface area contributed by atoms with Crippen LogP contribution in [0.4, 0.5) is 0 Å². The van der Waals surface area contributed by atoms with Crippen molar-refractivity contribution in [2.75, 3.05) is 0 Å². The number of fused-ring (bicyclic) bond motifs is 8. The largest absolute Gasteiger partial charge is 0.507 e. The van der Waals surface area contributed by atoms with E-state index in [-0.39, 0.29) is 46.0 Å². The monoisotopic (exact) mass is 1120 g/mol. The fraction of sp³-hybridized carbons (Fsp3) is 0.368. The van der Waals surface area contributed by atoms with Gasteiger partial charge in [0.1, 0.15) is 46.0 Å². The van der Waals surface area contributed by atoms with Crippen LogP contribution in [0.15, 0.2) is 146 Å². The number of aromatic hydroxyl groups is 8. The molecule has 4 saturated carbocycles. The Bertz CT molecular complexity index is 3050. The fourth-order valence-electron chi connectivity index (χ4n) is 16.0. The first-order valence-electron chi connectivity index (χ1n) is 31.6. The number of hydrogen-bond donors (Lipinski definition) is 8. The molecule has 4 fully saturated rings. The number of rotatable bonds is 8. The Morgan fingerprint density at radius 2 is 0.321 bits per heavy atom. The molecule has 8 aromatic carbocycles. The van der Waals surface area contributed by atoms with Crippen molar-refractivity contribution >= 4 is 0 Å². The Kier molecular flexibility index (Phi) is 15.6. The molecule has 13 rings (SSSR count). The van der Waals surface area contributed by atoms with Gasteiger partial charge in [-0.1, -0.05) is 174 Å². The Labute approximate surface area is 494 Å². The highest BCUT2D eigenvalue weighted by atomic mass is 16.3. The van der Waals surface area contributed by atoms with Crippen LogP contribution in [0.2, 0.25) is 0 Å². The minimum atomic E-state index is -0.894. The first-order chi connectivity index (χ1) is 40.9. The molecule has 0 unspecified atom stereocenters. The van der Waals surface area contributed by atoms with Gasteiger partial charge in [0.2, 0.25) is 0 Å². The number of benzene rings is 8. The predicted octanol–water partition coefficient (Wildman–Crippen LogP) is 18.6. The topological polar surface area (TPSA) is 162 Å². The van der Waals surface area contributed by atoms with E-state index in [1.54, 1.807) is 24.3 Å². The van der Waals surface area contributed by atoms with Crippen LogP contribution < -0.4 is 0 Å². The van der Waals surface area contributed by atoms with Crippen LogP contribution in [0, 0.1) is 0 Å². The highest BCUT2D eigenvalue weighted by Crippen LogP contribution is 2.55. The summed E-state index contributed by atoms with van der Waals surface area (Å²) in [6, 6.07) is 46.3. The van der Waals surface area contributed by atoms with Gasteiger partial charge in [-0.25, -0.2) is 0 Å². The van der Waals surface area contributed by atoms with Crippen molar-refractivity contribution in [1.82, 2.24) is 0 Å². The van der Waals surface area contributed by atoms with Crippen LogP contribution in [0.1, 0.15) is 265 Å². The lowest BCUT2D eigenvalue weighted by Gasteiger charge is -2.30. The summed E-state index contributed by atoms with van der Waals surface area (Å²) in [5.74, 6) is -3.69. The van der Waals surface area contributed by atoms with Crippen molar-refractivity contribution in [3.05, 3.63) is 235 Å². The molecule has 0 saturated heterocycles. The molecule has 432 valence electrons. The number of phenols is 8. The zero-order valence-electron chi connectivity index (χ0n) is 48.2. The summed E-state index contributed by atoms with van der Waals surface area (Å²) in [5, 5.41) is 100. The van der Waals surface area contributed by atoms with Crippen LogP contribution in [0.5, 0.6) is 46.0 Å². The van der Waals surface area contributed by atoms with Crippen molar-refractivity contribution in [2.45, 2.75) is 176 Å². The normalized spacial score (nSPS) is 21.0. The summed E-state index contributed by atoms with van der Waals surface area (Å²) < 4.78 is 0. The van der Waals surface area contributed by atoms with Crippen LogP contribution >= 0.6 is 0 Å². The van der Waals surface area contributed by atoms with Crippen molar-refractivity contribution in [3.63, 3.8) is 0 Å². The molecule has 8 bridgehead atoms. The van der Waals surface area contributed by atoms with Crippen molar-refractivity contribution in [1.29, 1.82) is 0 Å². The average Bonchev–Trinajstić information content (AvgIpc) is 2.11. The molecule has 0 aliphatic heterocycles. The van der Waals surface area contributed by atoms with Crippen molar-refractivity contribution < 1.29 is 40.9 Å². The van der Waals surface area contributed by atoms with Gasteiger partial charge in [-0.2, -0.15) is 0 Å². The summed E-state index contributed by atoms with van der Waals surface area (Å²) >= 11 is 0. The second kappa shape index (κ2) is 23.7. The summed E-state index contributed by atoms with van der Waals surface area (Å²) in [6.07, 6.45) is 23.1. The maximum Gasteiger partial charge on any atom is 0.123 e. The van der Waals surface area contributed by atoms with Gasteiger partial charge < -0.3 is 40.9 Å². The first kappa shape index (κ1) is 55.4. The first-order valence-corrected chi connectivity index (χ1v) is 31.6. The summed E-state index contributed by atoms with van der Waals surface area (Å²) in [5.41, 5.74) is 10.8. The van der Waals surface area contributed by atoms with Crippen LogP contribution in [0.3, 0.4) is 0 Å². The second-order valence-electron chi connectivity index (χ2n) is 25.6. The van der Waals surface area contributed by atoms with E-state index in [9.17, 15) is 40.9 Å². The fourth-order valence-corrected chi connectivity index (χ4v) is 16.0. The van der Waals surface area contributed by atoms with Crippen LogP contribution in [-0.4, -0.2) is 40.9 Å². The molecule has 0 amide bonds. The second-order valence-corrected chi connectivity index (χ2v) is 25.6. The summed E-state index contributed by atoms with van der Waals surface area (Å²) in [6.45, 7) is 0. The zero-order chi connectivity index (χ0) is 57.6. The lowest BCUT2D eigenvalue weighted by Crippen LogP contribution is -2.13. The number of hydrogen-bond acceptors (Lipinski definition) is 8. The Balaban J connectivity index is 1.09. The Morgan fingerprint density at radius 3 is 0.476 bits per heavy atom. The molecule has 0 spiro atoms. The minimum absolute atomic E-state index is 0.220. The lowest BCUT2D eigenvalue weighted by atomic mass is 9.74. The van der Waals surface area contributed by atoms with Crippen molar-refractivity contribution in [2.24, 2.45) is 0 Å². The zero-order valence-corrected chi connectivity index (χ0v) is 48.2. The molecule has 5 aliphatic rings. The van der Waals surface area contributed by atoms with Crippen LogP contribution in [0.25, 0.3) is 0 Å². The minimum Gasteiger partial charge on any atom is -0.507 e. The van der Waals surface area contributed by atoms with Gasteiger partial charge in [-0.05, 0) is 144 Å². The maximum atomic E-state index is 12.5. The molecule has 0 radical (unpaired) electrons. The highest BCUT2D eigenvalue weighted by Gasteiger charge is 2.36. The summed E-state index contributed by atoms with van der Waals surface area (Å²) in [4.78, 5) is 0. The summed E-state index contributed by atoms with van der Waals surface area (Å²) in [7, 11) is 0. The SMILES string of the molecule is Oc1cc(O)c2cc1C(c1ccc(C3CCCCC3)cc1)c1cc(c(O)cc1O)[C@H](c1ccc(C3CCCCC3)cc1)c1cc(c(O)cc1O)[C@H](c1ccc(C3CCCCC3)cc1)c1cc(c(O)cc1O)[C@@H]2c1ccc(C2CCCCC2)cc1. The molecule has 8 N–H and O–H groups in total. The molecule has 8 heteroatoms. The standard InChI is InChI=1S/C76H80O8/c77-65-41-67(79)59-37-57(65)73(53-29-21-49(22-30-53)45-13-5-1-6-14-45)58-38-60(68(80)42-66(58)78)75(55-33-25-51(26-34-55)47-17-9-3-10-18-47)62-40-64(72(84)44-70(62)82)76(56-35-27-52(28-36-56)48-19-11-4-12-20-48)63-39-61(69(81)43-71(63)83)74(59)54-31-23-50(24-32-54)46-15-7-2-8-16-46/h21-48,73-84H,1-20H2/t73-,74+,75-,76?. The molecular weight excluding hydrogens is 1040 g/mol. The smallest absolute Gasteiger partial charge is 0.123 e. The van der Waals surface area contributed by atoms with Crippen LogP contribution in [-0.2, 0) is 0 Å². The van der Waals surface area contributed by atoms with E-state index in [4.69, 9.17) is 0 Å². The van der Waals surface area contributed by atoms with E-state index < -0.39 is 23.7 Å². The lowest BCUT2D eigenvalue weighted by molar-refractivity contribution is 0.431. The Hall–Kier alpha value is -7.84. The predicted molar refractivity (Wildman–Crippen MR) is 332 cm³/mol. The Morgan fingerprint density at radius 1 is 0.179 bits per heavy atom. The van der Waals surface area contributed by atoms with E-state index in [1.165, 1.54) is 124 Å². The molecule has 0 aromatic heterocycles. The molecule has 0 atom stereocenters. The van der Waals surface area contributed by atoms with Gasteiger partial charge in [0.15, 0.2) is 0 Å². The maximum absolute atomic E-state index is 12.5. The van der Waals surface area contributed by atoms with Gasteiger partial charge >= 0.3 is 0 Å². The average molecular weight is 1120 g/mol. The van der Waals surface area contributed by atoms with E-state index in [1.807, 2.05) is 0 Å². The van der Waals surface area contributed by atoms with Gasteiger partial charge in [0.05, 0.1) is 0 Å². The highest BCUT2D eigenvalue weighted by molar-refractivity contribution is 5.67. The van der Waals surface area contributed by atoms with Gasteiger partial charge in [0, 0.05) is 92.4 Å². The molecule has 8 aromatic rings.